The van der Waals surface area contributed by atoms with Crippen LogP contribution in [0.15, 0.2) is 42.5 Å². The second-order valence-corrected chi connectivity index (χ2v) is 5.62. The van der Waals surface area contributed by atoms with Crippen molar-refractivity contribution in [1.29, 1.82) is 0 Å². The van der Waals surface area contributed by atoms with Crippen LogP contribution in [0.4, 0.5) is 5.69 Å². The lowest BCUT2D eigenvalue weighted by Crippen LogP contribution is -2.34. The number of amides is 1. The van der Waals surface area contributed by atoms with E-state index in [4.69, 9.17) is 28.6 Å². The predicted octanol–water partition coefficient (Wildman–Crippen LogP) is 4.17. The monoisotopic (exact) mass is 348 g/mol. The van der Waals surface area contributed by atoms with Crippen molar-refractivity contribution in [1.82, 2.24) is 5.32 Å². The lowest BCUT2D eigenvalue weighted by Gasteiger charge is -2.12. The molecule has 0 atom stereocenters. The summed E-state index contributed by atoms with van der Waals surface area (Å²) in [5.41, 5.74) is 2.29. The third-order valence-electron chi connectivity index (χ3n) is 3.11. The van der Waals surface area contributed by atoms with E-state index >= 15 is 0 Å². The minimum Gasteiger partial charge on any atom is -0.492 e. The third kappa shape index (κ3) is 4.68. The summed E-state index contributed by atoms with van der Waals surface area (Å²) in [6, 6.07) is 12.5. The highest BCUT2D eigenvalue weighted by Gasteiger charge is 2.11. The predicted molar refractivity (Wildman–Crippen MR) is 97.5 cm³/mol. The first kappa shape index (κ1) is 17.2. The molecule has 2 aromatic rings. The van der Waals surface area contributed by atoms with Gasteiger partial charge >= 0.3 is 0 Å². The van der Waals surface area contributed by atoms with Crippen LogP contribution in [-0.4, -0.2) is 17.6 Å². The number of benzene rings is 2. The lowest BCUT2D eigenvalue weighted by molar-refractivity contribution is 0.0977. The van der Waals surface area contributed by atoms with Gasteiger partial charge in [0.15, 0.2) is 5.11 Å². The van der Waals surface area contributed by atoms with Crippen LogP contribution in [-0.2, 0) is 0 Å². The minimum atomic E-state index is -0.332. The largest absolute Gasteiger partial charge is 0.492 e. The molecule has 0 aliphatic rings. The minimum absolute atomic E-state index is 0.231. The van der Waals surface area contributed by atoms with Gasteiger partial charge in [0.05, 0.1) is 11.6 Å². The summed E-state index contributed by atoms with van der Waals surface area (Å²) in [6.45, 7) is 4.33. The molecule has 0 aliphatic heterocycles. The van der Waals surface area contributed by atoms with Gasteiger partial charge in [-0.15, -0.1) is 0 Å². The van der Waals surface area contributed by atoms with E-state index in [1.54, 1.807) is 18.2 Å². The Balaban J connectivity index is 2.02. The molecule has 1 amide bonds. The number of halogens is 1. The molecule has 6 heteroatoms. The van der Waals surface area contributed by atoms with E-state index < -0.39 is 0 Å². The Hall–Kier alpha value is -2.11. The number of carbonyl (C=O) groups is 1. The van der Waals surface area contributed by atoms with E-state index in [1.165, 1.54) is 0 Å². The van der Waals surface area contributed by atoms with Crippen molar-refractivity contribution in [2.24, 2.45) is 0 Å². The molecule has 120 valence electrons. The summed E-state index contributed by atoms with van der Waals surface area (Å²) in [6.07, 6.45) is 0. The summed E-state index contributed by atoms with van der Waals surface area (Å²) in [7, 11) is 0. The summed E-state index contributed by atoms with van der Waals surface area (Å²) in [5.74, 6) is 0.215. The van der Waals surface area contributed by atoms with Gasteiger partial charge in [-0.05, 0) is 55.9 Å². The van der Waals surface area contributed by atoms with Crippen molar-refractivity contribution in [2.75, 3.05) is 11.9 Å². The number of para-hydroxylation sites is 1. The highest BCUT2D eigenvalue weighted by molar-refractivity contribution is 7.80. The van der Waals surface area contributed by atoms with Gasteiger partial charge in [0.2, 0.25) is 0 Å². The van der Waals surface area contributed by atoms with Crippen molar-refractivity contribution in [2.45, 2.75) is 13.8 Å². The first-order valence-electron chi connectivity index (χ1n) is 7.11. The quantitative estimate of drug-likeness (QED) is 0.814. The van der Waals surface area contributed by atoms with Gasteiger partial charge in [-0.3, -0.25) is 10.1 Å². The summed E-state index contributed by atoms with van der Waals surface area (Å²) in [5, 5.41) is 6.25. The molecular weight excluding hydrogens is 332 g/mol. The molecule has 0 saturated carbocycles. The van der Waals surface area contributed by atoms with Crippen molar-refractivity contribution >= 4 is 40.5 Å². The van der Waals surface area contributed by atoms with Crippen molar-refractivity contribution in [3.05, 3.63) is 58.6 Å². The maximum Gasteiger partial charge on any atom is 0.257 e. The molecule has 23 heavy (non-hydrogen) atoms. The highest BCUT2D eigenvalue weighted by Crippen LogP contribution is 2.25. The Bertz CT molecular complexity index is 734. The fraction of sp³-hybridized carbons (Fsp3) is 0.176. The Morgan fingerprint density at radius 2 is 2.00 bits per heavy atom. The van der Waals surface area contributed by atoms with Crippen molar-refractivity contribution in [3.63, 3.8) is 0 Å². The van der Waals surface area contributed by atoms with E-state index in [1.807, 2.05) is 38.1 Å². The number of anilines is 1. The molecule has 4 nitrogen and oxygen atoms in total. The maximum absolute atomic E-state index is 12.2. The Morgan fingerprint density at radius 1 is 1.26 bits per heavy atom. The number of ether oxygens (including phenoxy) is 1. The molecule has 0 aromatic heterocycles. The number of nitrogens with one attached hydrogen (secondary N) is 2. The Kier molecular flexibility index (Phi) is 5.96. The molecule has 0 bridgehead atoms. The van der Waals surface area contributed by atoms with E-state index in [0.29, 0.717) is 22.9 Å². The molecule has 0 aliphatic carbocycles. The van der Waals surface area contributed by atoms with Crippen LogP contribution in [0.1, 0.15) is 22.8 Å². The molecule has 0 fully saturated rings. The molecule has 2 N–H and O–H groups in total. The number of rotatable bonds is 4. The van der Waals surface area contributed by atoms with Crippen molar-refractivity contribution < 1.29 is 9.53 Å². The van der Waals surface area contributed by atoms with Gasteiger partial charge in [0, 0.05) is 11.3 Å². The molecular formula is C17H17ClN2O2S. The first-order chi connectivity index (χ1) is 11.0. The van der Waals surface area contributed by atoms with E-state index in [2.05, 4.69) is 10.6 Å². The smallest absolute Gasteiger partial charge is 0.257 e. The number of thiocarbonyl (C=S) groups is 1. The first-order valence-corrected chi connectivity index (χ1v) is 7.90. The molecule has 0 saturated heterocycles. The van der Waals surface area contributed by atoms with Gasteiger partial charge in [-0.1, -0.05) is 29.8 Å². The van der Waals surface area contributed by atoms with Crippen LogP contribution >= 0.6 is 23.8 Å². The summed E-state index contributed by atoms with van der Waals surface area (Å²) in [4.78, 5) is 12.2. The second kappa shape index (κ2) is 7.94. The normalized spacial score (nSPS) is 10.0. The van der Waals surface area contributed by atoms with Gasteiger partial charge in [0.1, 0.15) is 5.75 Å². The molecule has 0 radical (unpaired) electrons. The zero-order valence-electron chi connectivity index (χ0n) is 12.9. The van der Waals surface area contributed by atoms with Gasteiger partial charge in [0.25, 0.3) is 5.91 Å². The van der Waals surface area contributed by atoms with E-state index in [9.17, 15) is 4.79 Å². The lowest BCUT2D eigenvalue weighted by atomic mass is 10.2. The topological polar surface area (TPSA) is 50.4 Å². The Morgan fingerprint density at radius 3 is 2.65 bits per heavy atom. The van der Waals surface area contributed by atoms with Crippen LogP contribution in [0.3, 0.4) is 0 Å². The van der Waals surface area contributed by atoms with E-state index in [-0.39, 0.29) is 11.0 Å². The van der Waals surface area contributed by atoms with Crippen LogP contribution in [0.2, 0.25) is 5.02 Å². The fourth-order valence-electron chi connectivity index (χ4n) is 1.96. The van der Waals surface area contributed by atoms with Crippen LogP contribution < -0.4 is 15.4 Å². The van der Waals surface area contributed by atoms with Crippen LogP contribution in [0.25, 0.3) is 0 Å². The zero-order chi connectivity index (χ0) is 16.8. The molecule has 2 rings (SSSR count). The van der Waals surface area contributed by atoms with Gasteiger partial charge in [-0.2, -0.15) is 0 Å². The summed E-state index contributed by atoms with van der Waals surface area (Å²) >= 11 is 11.3. The average Bonchev–Trinajstić information content (AvgIpc) is 2.51. The fourth-order valence-corrected chi connectivity index (χ4v) is 2.39. The van der Waals surface area contributed by atoms with Gasteiger partial charge in [-0.25, -0.2) is 0 Å². The van der Waals surface area contributed by atoms with Crippen LogP contribution in [0, 0.1) is 6.92 Å². The number of hydrogen-bond donors (Lipinski definition) is 2. The van der Waals surface area contributed by atoms with E-state index in [0.717, 1.165) is 11.3 Å². The molecule has 2 aromatic carbocycles. The number of carbonyl (C=O) groups excluding carboxylic acids is 1. The van der Waals surface area contributed by atoms with Gasteiger partial charge < -0.3 is 10.1 Å². The number of hydrogen-bond acceptors (Lipinski definition) is 3. The van der Waals surface area contributed by atoms with Crippen molar-refractivity contribution in [3.8, 4) is 5.75 Å². The Labute approximate surface area is 145 Å². The molecule has 0 spiro atoms. The zero-order valence-corrected chi connectivity index (χ0v) is 14.4. The maximum atomic E-state index is 12.2. The number of aryl methyl sites for hydroxylation is 1. The second-order valence-electron chi connectivity index (χ2n) is 4.80. The molecule has 0 unspecified atom stereocenters. The SMILES string of the molecule is CCOc1ccc(C(=O)NC(=S)Nc2ccccc2C)cc1Cl. The summed E-state index contributed by atoms with van der Waals surface area (Å²) < 4.78 is 5.34. The van der Waals surface area contributed by atoms with Crippen LogP contribution in [0.5, 0.6) is 5.75 Å². The average molecular weight is 349 g/mol. The standard InChI is InChI=1S/C17H17ClN2O2S/c1-3-22-15-9-8-12(10-13(15)18)16(21)20-17(23)19-14-7-5-4-6-11(14)2/h4-10H,3H2,1-2H3,(H2,19,20,21,23). The molecule has 0 heterocycles. The highest BCUT2D eigenvalue weighted by atomic mass is 35.5. The third-order valence-corrected chi connectivity index (χ3v) is 3.61.